The van der Waals surface area contributed by atoms with Crippen LogP contribution in [0.25, 0.3) is 0 Å². The first kappa shape index (κ1) is 21.4. The lowest BCUT2D eigenvalue weighted by Crippen LogP contribution is -2.17. The standard InChI is InChI=1S/C15H10ClF6NO.ClH/c16-12-6-3-9(7-11(12)14(17,18)19)13(23)8-1-4-10(5-2-8)24-15(20,21)22;/h1-7,13H,23H2;1H/t13-;/m0./s1. The van der Waals surface area contributed by atoms with Gasteiger partial charge in [0, 0.05) is 0 Å². The van der Waals surface area contributed by atoms with E-state index in [4.69, 9.17) is 17.3 Å². The van der Waals surface area contributed by atoms with Crippen LogP contribution >= 0.6 is 24.0 Å². The Morgan fingerprint density at radius 3 is 1.88 bits per heavy atom. The fourth-order valence-electron chi connectivity index (χ4n) is 2.02. The molecule has 1 atom stereocenters. The van der Waals surface area contributed by atoms with E-state index < -0.39 is 34.9 Å². The van der Waals surface area contributed by atoms with Crippen molar-refractivity contribution >= 4 is 24.0 Å². The van der Waals surface area contributed by atoms with Gasteiger partial charge in [-0.15, -0.1) is 25.6 Å². The lowest BCUT2D eigenvalue weighted by molar-refractivity contribution is -0.274. The van der Waals surface area contributed by atoms with Crippen molar-refractivity contribution in [3.05, 3.63) is 64.2 Å². The zero-order valence-electron chi connectivity index (χ0n) is 12.2. The van der Waals surface area contributed by atoms with E-state index in [0.717, 1.165) is 24.3 Å². The van der Waals surface area contributed by atoms with E-state index in [2.05, 4.69) is 4.74 Å². The second-order valence-corrected chi connectivity index (χ2v) is 5.24. The molecule has 138 valence electrons. The Kier molecular flexibility index (Phi) is 6.61. The molecular weight excluding hydrogens is 395 g/mol. The normalized spacial score (nSPS) is 13.1. The van der Waals surface area contributed by atoms with Crippen LogP contribution in [0, 0.1) is 0 Å². The Balaban J connectivity index is 0.00000312. The lowest BCUT2D eigenvalue weighted by Gasteiger charge is -2.16. The zero-order valence-corrected chi connectivity index (χ0v) is 13.7. The monoisotopic (exact) mass is 405 g/mol. The van der Waals surface area contributed by atoms with Gasteiger partial charge in [-0.1, -0.05) is 29.8 Å². The van der Waals surface area contributed by atoms with E-state index in [1.54, 1.807) is 0 Å². The Labute approximate surface area is 149 Å². The topological polar surface area (TPSA) is 35.2 Å². The second kappa shape index (κ2) is 7.72. The molecule has 0 radical (unpaired) electrons. The molecule has 10 heteroatoms. The number of halogens is 8. The van der Waals surface area contributed by atoms with Gasteiger partial charge in [0.05, 0.1) is 16.6 Å². The molecule has 2 N–H and O–H groups in total. The average Bonchev–Trinajstić information content (AvgIpc) is 2.45. The summed E-state index contributed by atoms with van der Waals surface area (Å²) in [5.41, 5.74) is 5.29. The van der Waals surface area contributed by atoms with Crippen LogP contribution in [0.5, 0.6) is 5.75 Å². The van der Waals surface area contributed by atoms with Crippen LogP contribution in [-0.2, 0) is 6.18 Å². The molecule has 2 aromatic carbocycles. The molecule has 2 aromatic rings. The summed E-state index contributed by atoms with van der Waals surface area (Å²) >= 11 is 5.53. The third-order valence-corrected chi connectivity index (χ3v) is 3.46. The van der Waals surface area contributed by atoms with Gasteiger partial charge in [-0.2, -0.15) is 13.2 Å². The minimum Gasteiger partial charge on any atom is -0.406 e. The molecule has 0 amide bonds. The van der Waals surface area contributed by atoms with Crippen LogP contribution in [0.1, 0.15) is 22.7 Å². The molecule has 0 aliphatic carbocycles. The van der Waals surface area contributed by atoms with E-state index in [-0.39, 0.29) is 18.0 Å². The zero-order chi connectivity index (χ0) is 18.1. The number of hydrogen-bond donors (Lipinski definition) is 1. The fourth-order valence-corrected chi connectivity index (χ4v) is 2.25. The molecule has 0 fully saturated rings. The predicted molar refractivity (Wildman–Crippen MR) is 82.9 cm³/mol. The van der Waals surface area contributed by atoms with Crippen molar-refractivity contribution in [1.82, 2.24) is 0 Å². The van der Waals surface area contributed by atoms with Crippen LogP contribution in [0.4, 0.5) is 26.3 Å². The van der Waals surface area contributed by atoms with Crippen molar-refractivity contribution in [3.8, 4) is 5.75 Å². The molecule has 0 saturated carbocycles. The molecule has 25 heavy (non-hydrogen) atoms. The van der Waals surface area contributed by atoms with Gasteiger partial charge in [-0.05, 0) is 35.4 Å². The molecule has 0 saturated heterocycles. The van der Waals surface area contributed by atoms with Gasteiger partial charge in [-0.3, -0.25) is 0 Å². The van der Waals surface area contributed by atoms with Crippen molar-refractivity contribution < 1.29 is 31.1 Å². The highest BCUT2D eigenvalue weighted by Gasteiger charge is 2.34. The number of benzene rings is 2. The number of ether oxygens (including phenoxy) is 1. The van der Waals surface area contributed by atoms with Crippen molar-refractivity contribution in [1.29, 1.82) is 0 Å². The summed E-state index contributed by atoms with van der Waals surface area (Å²) in [7, 11) is 0. The number of hydrogen-bond acceptors (Lipinski definition) is 2. The molecule has 0 unspecified atom stereocenters. The molecular formula is C15H11Cl2F6NO. The van der Waals surface area contributed by atoms with Crippen LogP contribution < -0.4 is 10.5 Å². The summed E-state index contributed by atoms with van der Waals surface area (Å²) in [4.78, 5) is 0. The molecule has 0 spiro atoms. The third kappa shape index (κ3) is 5.69. The SMILES string of the molecule is Cl.N[C@@H](c1ccc(OC(F)(F)F)cc1)c1ccc(Cl)c(C(F)(F)F)c1. The lowest BCUT2D eigenvalue weighted by atomic mass is 9.97. The van der Waals surface area contributed by atoms with Gasteiger partial charge >= 0.3 is 12.5 Å². The molecule has 2 rings (SSSR count). The molecule has 0 heterocycles. The second-order valence-electron chi connectivity index (χ2n) is 4.83. The van der Waals surface area contributed by atoms with E-state index in [9.17, 15) is 26.3 Å². The minimum absolute atomic E-state index is 0. The van der Waals surface area contributed by atoms with Crippen LogP contribution in [0.15, 0.2) is 42.5 Å². The van der Waals surface area contributed by atoms with Gasteiger partial charge < -0.3 is 10.5 Å². The summed E-state index contributed by atoms with van der Waals surface area (Å²) in [5.74, 6) is -0.453. The van der Waals surface area contributed by atoms with E-state index in [0.29, 0.717) is 5.56 Å². The summed E-state index contributed by atoms with van der Waals surface area (Å²) < 4.78 is 78.6. The van der Waals surface area contributed by atoms with Crippen molar-refractivity contribution in [2.75, 3.05) is 0 Å². The van der Waals surface area contributed by atoms with Gasteiger partial charge in [-0.25, -0.2) is 0 Å². The third-order valence-electron chi connectivity index (χ3n) is 3.13. The quantitative estimate of drug-likeness (QED) is 0.662. The van der Waals surface area contributed by atoms with E-state index >= 15 is 0 Å². The maximum Gasteiger partial charge on any atom is 0.573 e. The van der Waals surface area contributed by atoms with Crippen LogP contribution in [-0.4, -0.2) is 6.36 Å². The smallest absolute Gasteiger partial charge is 0.406 e. The summed E-state index contributed by atoms with van der Waals surface area (Å²) in [5, 5.41) is -0.465. The first-order valence-electron chi connectivity index (χ1n) is 6.45. The largest absolute Gasteiger partial charge is 0.573 e. The first-order chi connectivity index (χ1) is 11.0. The highest BCUT2D eigenvalue weighted by atomic mass is 35.5. The van der Waals surface area contributed by atoms with Crippen LogP contribution in [0.2, 0.25) is 5.02 Å². The number of alkyl halides is 6. The summed E-state index contributed by atoms with van der Waals surface area (Å²) in [6.07, 6.45) is -9.47. The van der Waals surface area contributed by atoms with Crippen LogP contribution in [0.3, 0.4) is 0 Å². The van der Waals surface area contributed by atoms with E-state index in [1.807, 2.05) is 0 Å². The van der Waals surface area contributed by atoms with Gasteiger partial charge in [0.25, 0.3) is 0 Å². The van der Waals surface area contributed by atoms with Gasteiger partial charge in [0.1, 0.15) is 5.75 Å². The van der Waals surface area contributed by atoms with Crippen molar-refractivity contribution in [2.24, 2.45) is 5.73 Å². The molecule has 0 aromatic heterocycles. The number of nitrogens with two attached hydrogens (primary N) is 1. The first-order valence-corrected chi connectivity index (χ1v) is 6.83. The molecule has 0 aliphatic rings. The van der Waals surface area contributed by atoms with Crippen molar-refractivity contribution in [2.45, 2.75) is 18.6 Å². The maximum absolute atomic E-state index is 12.9. The Hall–Kier alpha value is -1.64. The van der Waals surface area contributed by atoms with Gasteiger partial charge in [0.2, 0.25) is 0 Å². The number of rotatable bonds is 3. The van der Waals surface area contributed by atoms with E-state index in [1.165, 1.54) is 18.2 Å². The fraction of sp³-hybridized carbons (Fsp3) is 0.200. The van der Waals surface area contributed by atoms with Gasteiger partial charge in [0.15, 0.2) is 0 Å². The summed E-state index contributed by atoms with van der Waals surface area (Å²) in [6, 6.07) is 6.78. The maximum atomic E-state index is 12.9. The van der Waals surface area contributed by atoms with Crippen molar-refractivity contribution in [3.63, 3.8) is 0 Å². The average molecular weight is 406 g/mol. The predicted octanol–water partition coefficient (Wildman–Crippen LogP) is 5.73. The molecule has 0 aliphatic heterocycles. The Bertz CT molecular complexity index is 715. The molecule has 0 bridgehead atoms. The Morgan fingerprint density at radius 2 is 1.40 bits per heavy atom. The highest BCUT2D eigenvalue weighted by molar-refractivity contribution is 6.31. The minimum atomic E-state index is -4.83. The Morgan fingerprint density at radius 1 is 0.880 bits per heavy atom. The molecule has 2 nitrogen and oxygen atoms in total. The highest BCUT2D eigenvalue weighted by Crippen LogP contribution is 2.36. The summed E-state index contributed by atoms with van der Waals surface area (Å²) in [6.45, 7) is 0.